The summed E-state index contributed by atoms with van der Waals surface area (Å²) >= 11 is -2.53. The molecule has 0 radical (unpaired) electrons. The monoisotopic (exact) mass is 682 g/mol. The third-order valence-corrected chi connectivity index (χ3v) is 18.3. The SMILES string of the molecule is C/[C](c1ccccc1)=[Zr+2](/[C]1=CC(C(C)(C)C)=CC1)[CH]1c2cc3c(cc2-c2cc4c(cc21)C(C)(C)C=C4)C=CC3(C)C.[Cl-].[Cl-]. The number of hydrogen-bond acceptors (Lipinski definition) is 0. The van der Waals surface area contributed by atoms with Gasteiger partial charge >= 0.3 is 256 Å². The molecule has 0 unspecified atom stereocenters. The number of fused-ring (bicyclic) bond motifs is 5. The smallest absolute Gasteiger partial charge is 1.00 e. The third-order valence-electron chi connectivity index (χ3n) is 10.1. The molecule has 43 heavy (non-hydrogen) atoms. The zero-order valence-corrected chi connectivity index (χ0v) is 30.7. The van der Waals surface area contributed by atoms with Crippen molar-refractivity contribution in [2.24, 2.45) is 5.41 Å². The summed E-state index contributed by atoms with van der Waals surface area (Å²) in [4.78, 5) is 0. The van der Waals surface area contributed by atoms with Crippen molar-refractivity contribution < 1.29 is 46.1 Å². The van der Waals surface area contributed by atoms with E-state index in [1.165, 1.54) is 44.5 Å². The first-order valence-electron chi connectivity index (χ1n) is 15.3. The number of allylic oxidation sites excluding steroid dienone is 6. The van der Waals surface area contributed by atoms with Crippen molar-refractivity contribution in [1.29, 1.82) is 0 Å². The first-order valence-corrected chi connectivity index (χ1v) is 19.2. The summed E-state index contributed by atoms with van der Waals surface area (Å²) in [5.74, 6) is 0. The van der Waals surface area contributed by atoms with Gasteiger partial charge in [-0.15, -0.1) is 0 Å². The van der Waals surface area contributed by atoms with E-state index in [2.05, 4.69) is 146 Å². The molecule has 0 amide bonds. The second-order valence-corrected chi connectivity index (χ2v) is 21.7. The summed E-state index contributed by atoms with van der Waals surface area (Å²) in [5, 5.41) is 0. The summed E-state index contributed by atoms with van der Waals surface area (Å²) in [6.45, 7) is 19.1. The molecule has 0 saturated carbocycles. The maximum atomic E-state index is 2.64. The topological polar surface area (TPSA) is 0 Å². The molecule has 4 aliphatic carbocycles. The number of halogens is 2. The Hall–Kier alpha value is -2.05. The fourth-order valence-corrected chi connectivity index (χ4v) is 16.2. The summed E-state index contributed by atoms with van der Waals surface area (Å²) in [6, 6.07) is 21.6. The molecule has 0 aromatic heterocycles. The van der Waals surface area contributed by atoms with Crippen LogP contribution in [0.5, 0.6) is 0 Å². The van der Waals surface area contributed by atoms with E-state index < -0.39 is 21.3 Å². The number of benzene rings is 3. The van der Waals surface area contributed by atoms with Gasteiger partial charge in [0.25, 0.3) is 0 Å². The van der Waals surface area contributed by atoms with Crippen LogP contribution in [-0.4, -0.2) is 3.21 Å². The Morgan fingerprint density at radius 2 is 1.28 bits per heavy atom. The van der Waals surface area contributed by atoms with Gasteiger partial charge in [-0.25, -0.2) is 0 Å². The number of rotatable bonds is 3. The Balaban J connectivity index is 0.00000184. The fraction of sp³-hybridized carbons (Fsp3) is 0.325. The van der Waals surface area contributed by atoms with Crippen molar-refractivity contribution in [3.8, 4) is 11.1 Å². The minimum absolute atomic E-state index is 0. The Bertz CT molecular complexity index is 1710. The summed E-state index contributed by atoms with van der Waals surface area (Å²) in [7, 11) is 0. The normalized spacial score (nSPS) is 18.6. The van der Waals surface area contributed by atoms with Crippen LogP contribution in [-0.2, 0) is 32.1 Å². The standard InChI is InChI=1S/C23H21.C9H13.C8H8.2ClH.Zr/c1-22(2)7-5-14-10-18-16(12-20(14)22)9-17-13-21-15(11-19(17)18)6-8-23(21,3)4;1-9(2,3)8-6-4-5-7-8;1-2-8-6-4-3-5-7-8;;;/h5-13H,1-4H3;6-7H,4H2,1-3H3;3-7H,1H3;2*1H;/q;;;;;+2/p-2. The minimum atomic E-state index is -2.53. The van der Waals surface area contributed by atoms with E-state index in [1.807, 2.05) is 0 Å². The zero-order chi connectivity index (χ0) is 28.9. The Kier molecular flexibility index (Phi) is 8.34. The second kappa shape index (κ2) is 11.1. The van der Waals surface area contributed by atoms with Gasteiger partial charge in [-0.05, 0) is 0 Å². The van der Waals surface area contributed by atoms with Crippen molar-refractivity contribution in [2.75, 3.05) is 0 Å². The van der Waals surface area contributed by atoms with Gasteiger partial charge in [0.2, 0.25) is 0 Å². The Morgan fingerprint density at radius 1 is 0.767 bits per heavy atom. The average molecular weight is 685 g/mol. The molecule has 0 aliphatic heterocycles. The molecule has 220 valence electrons. The molecule has 0 saturated heterocycles. The molecule has 4 aliphatic rings. The molecule has 0 heterocycles. The first kappa shape index (κ1) is 32.3. The van der Waals surface area contributed by atoms with Gasteiger partial charge < -0.3 is 24.8 Å². The molecule has 0 fully saturated rings. The minimum Gasteiger partial charge on any atom is -1.00 e. The average Bonchev–Trinajstić information content (AvgIpc) is 3.68. The van der Waals surface area contributed by atoms with Crippen LogP contribution in [0.2, 0.25) is 0 Å². The fourth-order valence-electron chi connectivity index (χ4n) is 7.58. The van der Waals surface area contributed by atoms with Crippen LogP contribution in [0.4, 0.5) is 0 Å². The Labute approximate surface area is 279 Å². The third kappa shape index (κ3) is 5.22. The van der Waals surface area contributed by atoms with Crippen molar-refractivity contribution in [3.63, 3.8) is 0 Å². The summed E-state index contributed by atoms with van der Waals surface area (Å²) < 4.78 is 3.89. The molecule has 3 aromatic carbocycles. The predicted molar refractivity (Wildman–Crippen MR) is 174 cm³/mol. The predicted octanol–water partition coefficient (Wildman–Crippen LogP) is 4.49. The quantitative estimate of drug-likeness (QED) is 0.382. The second-order valence-electron chi connectivity index (χ2n) is 14.8. The van der Waals surface area contributed by atoms with Gasteiger partial charge in [0, 0.05) is 0 Å². The molecule has 3 heteroatoms. The van der Waals surface area contributed by atoms with Gasteiger partial charge in [-0.1, -0.05) is 0 Å². The summed E-state index contributed by atoms with van der Waals surface area (Å²) in [6.07, 6.45) is 15.8. The Morgan fingerprint density at radius 3 is 1.74 bits per heavy atom. The van der Waals surface area contributed by atoms with Gasteiger partial charge in [0.15, 0.2) is 0 Å². The maximum absolute atomic E-state index is 2.64. The molecule has 0 spiro atoms. The van der Waals surface area contributed by atoms with Gasteiger partial charge in [0.05, 0.1) is 0 Å². The van der Waals surface area contributed by atoms with Crippen LogP contribution >= 0.6 is 0 Å². The molecule has 0 nitrogen and oxygen atoms in total. The van der Waals surface area contributed by atoms with Crippen LogP contribution in [0.3, 0.4) is 0 Å². The van der Waals surface area contributed by atoms with Crippen molar-refractivity contribution >= 4 is 15.4 Å². The van der Waals surface area contributed by atoms with E-state index in [-0.39, 0.29) is 41.1 Å². The van der Waals surface area contributed by atoms with E-state index in [1.54, 1.807) is 17.6 Å². The molecule has 0 bridgehead atoms. The van der Waals surface area contributed by atoms with Crippen LogP contribution in [0.25, 0.3) is 23.3 Å². The van der Waals surface area contributed by atoms with Crippen molar-refractivity contribution in [2.45, 2.75) is 76.3 Å². The van der Waals surface area contributed by atoms with E-state index in [0.717, 1.165) is 6.42 Å². The molecule has 7 rings (SSSR count). The maximum Gasteiger partial charge on any atom is -1.00 e. The van der Waals surface area contributed by atoms with E-state index in [0.29, 0.717) is 3.63 Å². The van der Waals surface area contributed by atoms with Crippen LogP contribution < -0.4 is 24.8 Å². The molecule has 0 N–H and O–H groups in total. The first-order chi connectivity index (χ1) is 19.3. The van der Waals surface area contributed by atoms with Crippen LogP contribution in [0.15, 0.2) is 87.8 Å². The van der Waals surface area contributed by atoms with Gasteiger partial charge in [-0.3, -0.25) is 0 Å². The number of hydrogen-bond donors (Lipinski definition) is 0. The van der Waals surface area contributed by atoms with Gasteiger partial charge in [-0.2, -0.15) is 0 Å². The van der Waals surface area contributed by atoms with Crippen molar-refractivity contribution in [3.05, 3.63) is 127 Å². The largest absolute Gasteiger partial charge is 1.00 e. The van der Waals surface area contributed by atoms with E-state index >= 15 is 0 Å². The van der Waals surface area contributed by atoms with E-state index in [4.69, 9.17) is 0 Å². The van der Waals surface area contributed by atoms with E-state index in [9.17, 15) is 0 Å². The summed E-state index contributed by atoms with van der Waals surface area (Å²) in [5.41, 5.74) is 15.2. The molecular formula is C40H42Cl2Zr. The van der Waals surface area contributed by atoms with Crippen molar-refractivity contribution in [1.82, 2.24) is 0 Å². The van der Waals surface area contributed by atoms with Gasteiger partial charge in [0.1, 0.15) is 0 Å². The van der Waals surface area contributed by atoms with Crippen LogP contribution in [0.1, 0.15) is 104 Å². The molecule has 0 atom stereocenters. The molecule has 3 aromatic rings. The zero-order valence-electron chi connectivity index (χ0n) is 26.7. The van der Waals surface area contributed by atoms with Crippen LogP contribution in [0, 0.1) is 5.41 Å². The molecular weight excluding hydrogens is 643 g/mol.